The second-order valence-electron chi connectivity index (χ2n) is 5.24. The summed E-state index contributed by atoms with van der Waals surface area (Å²) in [7, 11) is 0. The zero-order valence-electron chi connectivity index (χ0n) is 12.0. The Kier molecular flexibility index (Phi) is 4.20. The van der Waals surface area contributed by atoms with E-state index in [9.17, 15) is 14.0 Å². The number of hydrogen-bond acceptors (Lipinski definition) is 6. The van der Waals surface area contributed by atoms with Gasteiger partial charge in [0.2, 0.25) is 11.9 Å². The van der Waals surface area contributed by atoms with Crippen LogP contribution in [-0.4, -0.2) is 38.7 Å². The first kappa shape index (κ1) is 15.0. The van der Waals surface area contributed by atoms with Crippen LogP contribution in [0.1, 0.15) is 36.0 Å². The Labute approximate surface area is 130 Å². The largest absolute Gasteiger partial charge is 0.349 e. The van der Waals surface area contributed by atoms with E-state index in [0.29, 0.717) is 0 Å². The lowest BCUT2D eigenvalue weighted by atomic mass is 10.0. The molecular weight excluding hydrogens is 303 g/mol. The summed E-state index contributed by atoms with van der Waals surface area (Å²) in [6.45, 7) is 0. The molecule has 1 aromatic heterocycles. The first-order chi connectivity index (χ1) is 11.2. The van der Waals surface area contributed by atoms with Gasteiger partial charge in [0.25, 0.3) is 5.91 Å². The number of carbonyl (C=O) groups is 1. The highest BCUT2D eigenvalue weighted by molar-refractivity contribution is 6.01. The van der Waals surface area contributed by atoms with E-state index in [1.807, 2.05) is 0 Å². The molecule has 1 heterocycles. The Morgan fingerprint density at radius 2 is 2.17 bits per heavy atom. The predicted octanol–water partition coefficient (Wildman–Crippen LogP) is 1.65. The van der Waals surface area contributed by atoms with Gasteiger partial charge in [0.1, 0.15) is 5.82 Å². The van der Waals surface area contributed by atoms with E-state index < -0.39 is 11.7 Å². The van der Waals surface area contributed by atoms with Crippen LogP contribution in [0.3, 0.4) is 0 Å². The van der Waals surface area contributed by atoms with Crippen LogP contribution < -0.4 is 5.32 Å². The molecule has 1 amide bonds. The number of aliphatic imine (C=N–C) groups is 1. The molecule has 0 aliphatic heterocycles. The topological polar surface area (TPSA) is 113 Å². The second kappa shape index (κ2) is 6.45. The second-order valence-corrected chi connectivity index (χ2v) is 5.24. The van der Waals surface area contributed by atoms with Crippen molar-refractivity contribution in [1.29, 1.82) is 0 Å². The van der Waals surface area contributed by atoms with Gasteiger partial charge in [0, 0.05) is 17.7 Å². The average molecular weight is 316 g/mol. The number of amides is 1. The van der Waals surface area contributed by atoms with Crippen molar-refractivity contribution in [1.82, 2.24) is 25.9 Å². The van der Waals surface area contributed by atoms with Crippen LogP contribution in [0.5, 0.6) is 0 Å². The first-order valence-corrected chi connectivity index (χ1v) is 7.15. The van der Waals surface area contributed by atoms with Crippen LogP contribution in [0.2, 0.25) is 0 Å². The minimum atomic E-state index is -0.809. The van der Waals surface area contributed by atoms with Gasteiger partial charge in [-0.25, -0.2) is 9.18 Å². The zero-order chi connectivity index (χ0) is 16.2. The van der Waals surface area contributed by atoms with Crippen LogP contribution in [-0.2, 0) is 4.79 Å². The van der Waals surface area contributed by atoms with Gasteiger partial charge in [-0.15, -0.1) is 10.2 Å². The number of isocyanates is 1. The summed E-state index contributed by atoms with van der Waals surface area (Å²) >= 11 is 0. The monoisotopic (exact) mass is 316 g/mol. The number of benzene rings is 1. The number of H-pyrrole nitrogens is 1. The van der Waals surface area contributed by atoms with E-state index in [0.717, 1.165) is 31.7 Å². The highest BCUT2D eigenvalue weighted by Crippen LogP contribution is 2.29. The minimum Gasteiger partial charge on any atom is -0.349 e. The van der Waals surface area contributed by atoms with Gasteiger partial charge in [-0.2, -0.15) is 10.2 Å². The van der Waals surface area contributed by atoms with Crippen molar-refractivity contribution in [2.45, 2.75) is 31.7 Å². The maximum Gasteiger partial charge on any atom is 0.255 e. The third-order valence-corrected chi connectivity index (χ3v) is 3.75. The molecule has 0 saturated heterocycles. The summed E-state index contributed by atoms with van der Waals surface area (Å²) in [6, 6.07) is 2.38. The third kappa shape index (κ3) is 3.14. The lowest BCUT2D eigenvalue weighted by Crippen LogP contribution is -2.33. The molecule has 1 aromatic carbocycles. The van der Waals surface area contributed by atoms with E-state index in [4.69, 9.17) is 0 Å². The molecule has 1 fully saturated rings. The summed E-state index contributed by atoms with van der Waals surface area (Å²) in [5.74, 6) is -1.31. The van der Waals surface area contributed by atoms with Crippen LogP contribution in [0.25, 0.3) is 11.4 Å². The molecule has 0 bridgehead atoms. The van der Waals surface area contributed by atoms with Gasteiger partial charge in [0.15, 0.2) is 0 Å². The number of aromatic amines is 1. The van der Waals surface area contributed by atoms with Crippen LogP contribution in [0.15, 0.2) is 17.1 Å². The normalized spacial score (nSPS) is 14.5. The highest BCUT2D eigenvalue weighted by Gasteiger charge is 2.25. The maximum atomic E-state index is 14.4. The van der Waals surface area contributed by atoms with Crippen molar-refractivity contribution >= 4 is 17.7 Å². The van der Waals surface area contributed by atoms with Crippen molar-refractivity contribution in [3.8, 4) is 11.4 Å². The Morgan fingerprint density at radius 3 is 2.83 bits per heavy atom. The summed E-state index contributed by atoms with van der Waals surface area (Å²) in [5, 5.41) is 16.0. The molecule has 0 radical (unpaired) electrons. The van der Waals surface area contributed by atoms with E-state index >= 15 is 0 Å². The summed E-state index contributed by atoms with van der Waals surface area (Å²) in [6.07, 6.45) is 5.16. The first-order valence-electron chi connectivity index (χ1n) is 7.15. The van der Waals surface area contributed by atoms with Gasteiger partial charge in [0.05, 0.1) is 11.3 Å². The fourth-order valence-corrected chi connectivity index (χ4v) is 2.72. The molecule has 118 valence electrons. The molecule has 1 aliphatic rings. The minimum absolute atomic E-state index is 0.0229. The SMILES string of the molecule is O=C=Nc1cc(F)c(C(=O)NC2CCCC2)c(-c2nn[nH]n2)c1. The summed E-state index contributed by atoms with van der Waals surface area (Å²) in [4.78, 5) is 26.2. The Balaban J connectivity index is 2.03. The number of hydrogen-bond donors (Lipinski definition) is 2. The lowest BCUT2D eigenvalue weighted by molar-refractivity contribution is 0.0934. The Morgan fingerprint density at radius 1 is 1.39 bits per heavy atom. The van der Waals surface area contributed by atoms with Gasteiger partial charge < -0.3 is 5.32 Å². The standard InChI is InChI=1S/C14H13FN6O2/c15-11-6-9(16-7-22)5-10(13-18-20-21-19-13)12(11)14(23)17-8-3-1-2-4-8/h5-6,8H,1-4H2,(H,17,23)(H,18,19,20,21). The molecule has 0 spiro atoms. The van der Waals surface area contributed by atoms with Crippen molar-refractivity contribution in [3.63, 3.8) is 0 Å². The van der Waals surface area contributed by atoms with Crippen molar-refractivity contribution in [2.75, 3.05) is 0 Å². The summed E-state index contributed by atoms with van der Waals surface area (Å²) in [5.41, 5.74) is -0.0545. The van der Waals surface area contributed by atoms with E-state index in [-0.39, 0.29) is 28.7 Å². The highest BCUT2D eigenvalue weighted by atomic mass is 19.1. The van der Waals surface area contributed by atoms with Crippen molar-refractivity contribution in [3.05, 3.63) is 23.5 Å². The number of aromatic nitrogens is 4. The van der Waals surface area contributed by atoms with Crippen molar-refractivity contribution in [2.24, 2.45) is 4.99 Å². The number of rotatable bonds is 4. The van der Waals surface area contributed by atoms with Crippen LogP contribution >= 0.6 is 0 Å². The number of halogens is 1. The van der Waals surface area contributed by atoms with E-state index in [1.54, 1.807) is 0 Å². The molecule has 1 aliphatic carbocycles. The average Bonchev–Trinajstić information content (AvgIpc) is 3.20. The molecule has 2 aromatic rings. The quantitative estimate of drug-likeness (QED) is 0.657. The molecule has 9 heteroatoms. The number of tetrazole rings is 1. The fourth-order valence-electron chi connectivity index (χ4n) is 2.72. The van der Waals surface area contributed by atoms with Gasteiger partial charge in [-0.1, -0.05) is 12.8 Å². The molecular formula is C14H13FN6O2. The Hall–Kier alpha value is -2.93. The number of nitrogens with one attached hydrogen (secondary N) is 2. The van der Waals surface area contributed by atoms with Crippen molar-refractivity contribution < 1.29 is 14.0 Å². The molecule has 0 unspecified atom stereocenters. The van der Waals surface area contributed by atoms with Gasteiger partial charge in [-0.3, -0.25) is 4.79 Å². The third-order valence-electron chi connectivity index (χ3n) is 3.75. The zero-order valence-corrected chi connectivity index (χ0v) is 12.0. The lowest BCUT2D eigenvalue weighted by Gasteiger charge is -2.14. The predicted molar refractivity (Wildman–Crippen MR) is 77.1 cm³/mol. The van der Waals surface area contributed by atoms with Crippen LogP contribution in [0, 0.1) is 5.82 Å². The molecule has 0 atom stereocenters. The Bertz CT molecular complexity index is 764. The molecule has 8 nitrogen and oxygen atoms in total. The van der Waals surface area contributed by atoms with E-state index in [2.05, 4.69) is 30.9 Å². The molecule has 3 rings (SSSR count). The summed E-state index contributed by atoms with van der Waals surface area (Å²) < 4.78 is 14.4. The molecule has 23 heavy (non-hydrogen) atoms. The number of carbonyl (C=O) groups excluding carboxylic acids is 2. The smallest absolute Gasteiger partial charge is 0.255 e. The number of nitrogens with zero attached hydrogens (tertiary/aromatic N) is 4. The molecule has 1 saturated carbocycles. The fraction of sp³-hybridized carbons (Fsp3) is 0.357. The van der Waals surface area contributed by atoms with Crippen LogP contribution in [0.4, 0.5) is 10.1 Å². The molecule has 2 N–H and O–H groups in total. The maximum absolute atomic E-state index is 14.4. The van der Waals surface area contributed by atoms with Gasteiger partial charge in [-0.05, 0) is 24.1 Å². The van der Waals surface area contributed by atoms with Gasteiger partial charge >= 0.3 is 0 Å². The van der Waals surface area contributed by atoms with E-state index in [1.165, 1.54) is 12.1 Å².